The summed E-state index contributed by atoms with van der Waals surface area (Å²) in [7, 11) is -3.68. The normalized spacial score (nSPS) is 15.7. The average molecular weight is 391 g/mol. The number of amides is 1. The highest BCUT2D eigenvalue weighted by atomic mass is 32.2. The van der Waals surface area contributed by atoms with Crippen LogP contribution in [0.25, 0.3) is 0 Å². The van der Waals surface area contributed by atoms with Crippen LogP contribution in [-0.2, 0) is 14.8 Å². The van der Waals surface area contributed by atoms with Gasteiger partial charge in [0.25, 0.3) is 5.91 Å². The molecule has 0 bridgehead atoms. The second-order valence-electron chi connectivity index (χ2n) is 6.87. The lowest BCUT2D eigenvalue weighted by molar-refractivity contribution is 0.0730. The first-order chi connectivity index (χ1) is 12.7. The van der Waals surface area contributed by atoms with E-state index in [1.807, 2.05) is 32.0 Å². The standard InChI is InChI=1S/C19H25N3O4S/c1-12-5-6-16(13(2)11-12)21-19(23)17-14(3)18(15(4)20-17)27(24,25)22-7-9-26-10-8-22/h5-6,11,20H,7-10H2,1-4H3,(H,21,23). The number of hydrogen-bond donors (Lipinski definition) is 2. The molecule has 27 heavy (non-hydrogen) atoms. The highest BCUT2D eigenvalue weighted by molar-refractivity contribution is 7.89. The van der Waals surface area contributed by atoms with Gasteiger partial charge >= 0.3 is 0 Å². The molecule has 0 spiro atoms. The van der Waals surface area contributed by atoms with Crippen molar-refractivity contribution in [2.75, 3.05) is 31.6 Å². The lowest BCUT2D eigenvalue weighted by atomic mass is 10.1. The maximum atomic E-state index is 13.0. The number of aryl methyl sites for hydroxylation is 3. The highest BCUT2D eigenvalue weighted by Crippen LogP contribution is 2.28. The zero-order valence-corrected chi connectivity index (χ0v) is 16.9. The van der Waals surface area contributed by atoms with Crippen molar-refractivity contribution in [1.82, 2.24) is 9.29 Å². The molecule has 2 aromatic rings. The molecule has 1 aliphatic heterocycles. The van der Waals surface area contributed by atoms with E-state index in [1.54, 1.807) is 13.8 Å². The van der Waals surface area contributed by atoms with Crippen LogP contribution < -0.4 is 5.32 Å². The summed E-state index contributed by atoms with van der Waals surface area (Å²) in [6.45, 7) is 8.63. The van der Waals surface area contributed by atoms with Crippen molar-refractivity contribution in [2.45, 2.75) is 32.6 Å². The Kier molecular flexibility index (Phi) is 5.41. The molecular weight excluding hydrogens is 366 g/mol. The largest absolute Gasteiger partial charge is 0.379 e. The number of benzene rings is 1. The molecule has 0 unspecified atom stereocenters. The Morgan fingerprint density at radius 2 is 1.81 bits per heavy atom. The van der Waals surface area contributed by atoms with Crippen LogP contribution in [0, 0.1) is 27.7 Å². The second-order valence-corrected chi connectivity index (χ2v) is 8.74. The van der Waals surface area contributed by atoms with E-state index < -0.39 is 10.0 Å². The molecule has 146 valence electrons. The lowest BCUT2D eigenvalue weighted by Gasteiger charge is -2.26. The Bertz CT molecular complexity index is 973. The van der Waals surface area contributed by atoms with Gasteiger partial charge in [0.1, 0.15) is 10.6 Å². The molecule has 3 rings (SSSR count). The first-order valence-electron chi connectivity index (χ1n) is 8.87. The number of nitrogens with zero attached hydrogens (tertiary/aromatic N) is 1. The molecule has 2 heterocycles. The van der Waals surface area contributed by atoms with Crippen molar-refractivity contribution < 1.29 is 17.9 Å². The molecule has 0 atom stereocenters. The van der Waals surface area contributed by atoms with E-state index in [0.29, 0.717) is 43.2 Å². The number of carbonyl (C=O) groups is 1. The van der Waals surface area contributed by atoms with Crippen molar-refractivity contribution in [3.63, 3.8) is 0 Å². The van der Waals surface area contributed by atoms with Gasteiger partial charge in [0.2, 0.25) is 10.0 Å². The van der Waals surface area contributed by atoms with Gasteiger partial charge in [-0.2, -0.15) is 4.31 Å². The second kappa shape index (κ2) is 7.46. The zero-order chi connectivity index (χ0) is 19.8. The van der Waals surface area contributed by atoms with Crippen LogP contribution in [0.2, 0.25) is 0 Å². The molecule has 0 aliphatic carbocycles. The molecule has 7 nitrogen and oxygen atoms in total. The van der Waals surface area contributed by atoms with E-state index in [1.165, 1.54) is 4.31 Å². The summed E-state index contributed by atoms with van der Waals surface area (Å²) in [5.41, 5.74) is 3.92. The molecule has 1 aromatic heterocycles. The Hall–Kier alpha value is -2.16. The quantitative estimate of drug-likeness (QED) is 0.838. The summed E-state index contributed by atoms with van der Waals surface area (Å²) in [5, 5.41) is 2.87. The van der Waals surface area contributed by atoms with E-state index in [9.17, 15) is 13.2 Å². The number of anilines is 1. The molecular formula is C19H25N3O4S. The minimum atomic E-state index is -3.68. The van der Waals surface area contributed by atoms with Crippen LogP contribution in [0.3, 0.4) is 0 Å². The van der Waals surface area contributed by atoms with Gasteiger partial charge in [0, 0.05) is 24.5 Å². The first-order valence-corrected chi connectivity index (χ1v) is 10.3. The minimum Gasteiger partial charge on any atom is -0.379 e. The van der Waals surface area contributed by atoms with Gasteiger partial charge in [-0.15, -0.1) is 0 Å². The molecule has 1 saturated heterocycles. The van der Waals surface area contributed by atoms with Gasteiger partial charge in [-0.3, -0.25) is 4.79 Å². The van der Waals surface area contributed by atoms with Crippen molar-refractivity contribution >= 4 is 21.6 Å². The van der Waals surface area contributed by atoms with Crippen LogP contribution in [0.4, 0.5) is 5.69 Å². The molecule has 1 aliphatic rings. The number of rotatable bonds is 4. The molecule has 1 aromatic carbocycles. The SMILES string of the molecule is Cc1ccc(NC(=O)c2[nH]c(C)c(S(=O)(=O)N3CCOCC3)c2C)c(C)c1. The Morgan fingerprint density at radius 3 is 2.44 bits per heavy atom. The molecule has 8 heteroatoms. The third-order valence-corrected chi connectivity index (χ3v) is 6.97. The Morgan fingerprint density at radius 1 is 1.15 bits per heavy atom. The van der Waals surface area contributed by atoms with E-state index in [4.69, 9.17) is 4.74 Å². The van der Waals surface area contributed by atoms with E-state index in [2.05, 4.69) is 10.3 Å². The molecule has 2 N–H and O–H groups in total. The summed E-state index contributed by atoms with van der Waals surface area (Å²) in [6, 6.07) is 5.75. The number of aromatic nitrogens is 1. The molecule has 0 radical (unpaired) electrons. The van der Waals surface area contributed by atoms with E-state index in [0.717, 1.165) is 11.1 Å². The van der Waals surface area contributed by atoms with Crippen LogP contribution in [0.15, 0.2) is 23.1 Å². The number of ether oxygens (including phenoxy) is 1. The lowest BCUT2D eigenvalue weighted by Crippen LogP contribution is -2.40. The highest BCUT2D eigenvalue weighted by Gasteiger charge is 2.32. The zero-order valence-electron chi connectivity index (χ0n) is 16.0. The van der Waals surface area contributed by atoms with E-state index in [-0.39, 0.29) is 16.5 Å². The Labute approximate surface area is 159 Å². The van der Waals surface area contributed by atoms with Gasteiger partial charge in [-0.1, -0.05) is 17.7 Å². The third kappa shape index (κ3) is 3.78. The smallest absolute Gasteiger partial charge is 0.272 e. The summed E-state index contributed by atoms with van der Waals surface area (Å²) >= 11 is 0. The number of carbonyl (C=O) groups excluding carboxylic acids is 1. The minimum absolute atomic E-state index is 0.176. The van der Waals surface area contributed by atoms with Gasteiger partial charge < -0.3 is 15.0 Å². The third-order valence-electron chi connectivity index (χ3n) is 4.79. The number of morpholine rings is 1. The van der Waals surface area contributed by atoms with Gasteiger partial charge in [-0.25, -0.2) is 8.42 Å². The Balaban J connectivity index is 1.92. The van der Waals surface area contributed by atoms with Crippen LogP contribution >= 0.6 is 0 Å². The van der Waals surface area contributed by atoms with Crippen molar-refractivity contribution in [2.24, 2.45) is 0 Å². The van der Waals surface area contributed by atoms with Crippen molar-refractivity contribution in [3.8, 4) is 0 Å². The fourth-order valence-electron chi connectivity index (χ4n) is 3.40. The predicted molar refractivity (Wildman–Crippen MR) is 104 cm³/mol. The predicted octanol–water partition coefficient (Wildman–Crippen LogP) is 2.52. The number of aromatic amines is 1. The van der Waals surface area contributed by atoms with Crippen LogP contribution in [-0.4, -0.2) is 49.9 Å². The molecule has 1 amide bonds. The van der Waals surface area contributed by atoms with Crippen LogP contribution in [0.1, 0.15) is 32.9 Å². The number of hydrogen-bond acceptors (Lipinski definition) is 4. The van der Waals surface area contributed by atoms with Gasteiger partial charge in [0.05, 0.1) is 13.2 Å². The maximum Gasteiger partial charge on any atom is 0.272 e. The average Bonchev–Trinajstić information content (AvgIpc) is 2.93. The fraction of sp³-hybridized carbons (Fsp3) is 0.421. The van der Waals surface area contributed by atoms with Gasteiger partial charge in [0.15, 0.2) is 0 Å². The number of nitrogens with one attached hydrogen (secondary N) is 2. The monoisotopic (exact) mass is 391 g/mol. The summed E-state index contributed by atoms with van der Waals surface area (Å²) < 4.78 is 32.7. The topological polar surface area (TPSA) is 91.5 Å². The first kappa shape index (κ1) is 19.6. The van der Waals surface area contributed by atoms with E-state index >= 15 is 0 Å². The molecule has 1 fully saturated rings. The summed E-state index contributed by atoms with van der Waals surface area (Å²) in [4.78, 5) is 15.9. The van der Waals surface area contributed by atoms with Crippen LogP contribution in [0.5, 0.6) is 0 Å². The van der Waals surface area contributed by atoms with Crippen molar-refractivity contribution in [1.29, 1.82) is 0 Å². The summed E-state index contributed by atoms with van der Waals surface area (Å²) in [6.07, 6.45) is 0. The van der Waals surface area contributed by atoms with Gasteiger partial charge in [-0.05, 0) is 44.9 Å². The number of sulfonamides is 1. The number of H-pyrrole nitrogens is 1. The van der Waals surface area contributed by atoms with Crippen molar-refractivity contribution in [3.05, 3.63) is 46.3 Å². The maximum absolute atomic E-state index is 13.0. The summed E-state index contributed by atoms with van der Waals surface area (Å²) in [5.74, 6) is -0.356. The fourth-order valence-corrected chi connectivity index (χ4v) is 5.22. The molecule has 0 saturated carbocycles.